The van der Waals surface area contributed by atoms with E-state index < -0.39 is 5.97 Å². The van der Waals surface area contributed by atoms with Crippen molar-refractivity contribution < 1.29 is 24.2 Å². The molecular formula is C13H18N2O5. The van der Waals surface area contributed by atoms with E-state index in [1.54, 1.807) is 7.11 Å². The molecule has 0 atom stereocenters. The molecular weight excluding hydrogens is 264 g/mol. The van der Waals surface area contributed by atoms with Gasteiger partial charge in [-0.25, -0.2) is 4.79 Å². The van der Waals surface area contributed by atoms with Gasteiger partial charge in [-0.2, -0.15) is 0 Å². The normalized spacial score (nSPS) is 10.1. The number of amides is 1. The molecule has 0 radical (unpaired) electrons. The standard InChI is InChI=1S/C13H18N2O5/c1-19-6-2-5-15-12(16)8-20-9-3-4-11(14)10(7-9)13(17)18/h3-4,7H,2,5-6,8,14H2,1H3,(H,15,16)(H,17,18). The van der Waals surface area contributed by atoms with Gasteiger partial charge in [-0.15, -0.1) is 0 Å². The molecule has 110 valence electrons. The van der Waals surface area contributed by atoms with Crippen molar-refractivity contribution in [3.05, 3.63) is 23.8 Å². The molecule has 1 aromatic rings. The summed E-state index contributed by atoms with van der Waals surface area (Å²) in [6.07, 6.45) is 0.716. The van der Waals surface area contributed by atoms with Gasteiger partial charge in [-0.05, 0) is 24.6 Å². The number of anilines is 1. The summed E-state index contributed by atoms with van der Waals surface area (Å²) < 4.78 is 10.1. The number of nitrogens with two attached hydrogens (primary N) is 1. The third-order valence-corrected chi connectivity index (χ3v) is 2.47. The second-order valence-electron chi connectivity index (χ2n) is 4.04. The van der Waals surface area contributed by atoms with E-state index in [9.17, 15) is 9.59 Å². The number of carboxylic acid groups (broad SMARTS) is 1. The maximum atomic E-state index is 11.4. The minimum atomic E-state index is -1.14. The number of benzene rings is 1. The Labute approximate surface area is 116 Å². The number of hydrogen-bond acceptors (Lipinski definition) is 5. The van der Waals surface area contributed by atoms with Crippen molar-refractivity contribution in [1.29, 1.82) is 0 Å². The molecule has 0 fully saturated rings. The van der Waals surface area contributed by atoms with Crippen LogP contribution in [0, 0.1) is 0 Å². The van der Waals surface area contributed by atoms with Crippen molar-refractivity contribution in [2.75, 3.05) is 32.6 Å². The van der Waals surface area contributed by atoms with Crippen molar-refractivity contribution in [3.63, 3.8) is 0 Å². The molecule has 7 heteroatoms. The average molecular weight is 282 g/mol. The topological polar surface area (TPSA) is 111 Å². The first-order chi connectivity index (χ1) is 9.54. The van der Waals surface area contributed by atoms with Crippen LogP contribution in [0.1, 0.15) is 16.8 Å². The van der Waals surface area contributed by atoms with E-state index in [2.05, 4.69) is 5.32 Å². The Morgan fingerprint density at radius 2 is 2.15 bits per heavy atom. The second kappa shape index (κ2) is 8.00. The first-order valence-electron chi connectivity index (χ1n) is 6.06. The lowest BCUT2D eigenvalue weighted by molar-refractivity contribution is -0.123. The van der Waals surface area contributed by atoms with Crippen LogP contribution in [0.15, 0.2) is 18.2 Å². The first kappa shape index (κ1) is 15.8. The molecule has 0 aliphatic carbocycles. The zero-order valence-electron chi connectivity index (χ0n) is 11.2. The summed E-state index contributed by atoms with van der Waals surface area (Å²) in [6, 6.07) is 4.23. The Morgan fingerprint density at radius 3 is 2.80 bits per heavy atom. The van der Waals surface area contributed by atoms with Gasteiger partial charge >= 0.3 is 5.97 Å². The fraction of sp³-hybridized carbons (Fsp3) is 0.385. The molecule has 20 heavy (non-hydrogen) atoms. The molecule has 0 saturated carbocycles. The van der Waals surface area contributed by atoms with Gasteiger partial charge in [-0.1, -0.05) is 0 Å². The van der Waals surface area contributed by atoms with Crippen molar-refractivity contribution in [3.8, 4) is 5.75 Å². The molecule has 0 aromatic heterocycles. The van der Waals surface area contributed by atoms with Gasteiger partial charge in [0.05, 0.1) is 5.56 Å². The number of methoxy groups -OCH3 is 1. The highest BCUT2D eigenvalue weighted by molar-refractivity contribution is 5.94. The summed E-state index contributed by atoms with van der Waals surface area (Å²) in [4.78, 5) is 22.3. The fourth-order valence-electron chi connectivity index (χ4n) is 1.45. The number of carbonyl (C=O) groups excluding carboxylic acids is 1. The van der Waals surface area contributed by atoms with Crippen LogP contribution in [0.2, 0.25) is 0 Å². The summed E-state index contributed by atoms with van der Waals surface area (Å²) in [5, 5.41) is 11.6. The van der Waals surface area contributed by atoms with Crippen LogP contribution in [-0.2, 0) is 9.53 Å². The molecule has 0 spiro atoms. The number of hydrogen-bond donors (Lipinski definition) is 3. The highest BCUT2D eigenvalue weighted by Crippen LogP contribution is 2.19. The van der Waals surface area contributed by atoms with E-state index in [-0.39, 0.29) is 29.5 Å². The minimum Gasteiger partial charge on any atom is -0.484 e. The third-order valence-electron chi connectivity index (χ3n) is 2.47. The first-order valence-corrected chi connectivity index (χ1v) is 6.06. The molecule has 0 saturated heterocycles. The minimum absolute atomic E-state index is 0.0528. The largest absolute Gasteiger partial charge is 0.484 e. The fourth-order valence-corrected chi connectivity index (χ4v) is 1.45. The highest BCUT2D eigenvalue weighted by Gasteiger charge is 2.10. The monoisotopic (exact) mass is 282 g/mol. The number of nitrogens with one attached hydrogen (secondary N) is 1. The molecule has 1 rings (SSSR count). The van der Waals surface area contributed by atoms with E-state index in [0.29, 0.717) is 19.6 Å². The Kier molecular flexibility index (Phi) is 6.31. The highest BCUT2D eigenvalue weighted by atomic mass is 16.5. The van der Waals surface area contributed by atoms with Crippen LogP contribution < -0.4 is 15.8 Å². The van der Waals surface area contributed by atoms with E-state index >= 15 is 0 Å². The van der Waals surface area contributed by atoms with E-state index in [4.69, 9.17) is 20.3 Å². The number of carbonyl (C=O) groups is 2. The summed E-state index contributed by atoms with van der Waals surface area (Å²) in [6.45, 7) is 0.884. The second-order valence-corrected chi connectivity index (χ2v) is 4.04. The molecule has 0 aliphatic heterocycles. The van der Waals surface area contributed by atoms with Crippen LogP contribution in [0.4, 0.5) is 5.69 Å². The summed E-state index contributed by atoms with van der Waals surface area (Å²) in [5.74, 6) is -1.14. The SMILES string of the molecule is COCCCNC(=O)COc1ccc(N)c(C(=O)O)c1. The van der Waals surface area contributed by atoms with Crippen molar-refractivity contribution in [2.45, 2.75) is 6.42 Å². The van der Waals surface area contributed by atoms with Gasteiger partial charge in [0.25, 0.3) is 5.91 Å². The smallest absolute Gasteiger partial charge is 0.337 e. The molecule has 1 amide bonds. The average Bonchev–Trinajstić information content (AvgIpc) is 2.42. The lowest BCUT2D eigenvalue weighted by Gasteiger charge is -2.09. The van der Waals surface area contributed by atoms with Gasteiger partial charge in [0.2, 0.25) is 0 Å². The zero-order chi connectivity index (χ0) is 15.0. The number of carboxylic acids is 1. The molecule has 0 aliphatic rings. The van der Waals surface area contributed by atoms with E-state index in [1.165, 1.54) is 18.2 Å². The van der Waals surface area contributed by atoms with Gasteiger partial charge in [0.15, 0.2) is 6.61 Å². The Bertz CT molecular complexity index is 476. The van der Waals surface area contributed by atoms with E-state index in [0.717, 1.165) is 0 Å². The van der Waals surface area contributed by atoms with Crippen LogP contribution in [-0.4, -0.2) is 43.9 Å². The maximum absolute atomic E-state index is 11.4. The van der Waals surface area contributed by atoms with Crippen LogP contribution >= 0.6 is 0 Å². The molecule has 0 bridgehead atoms. The molecule has 0 unspecified atom stereocenters. The van der Waals surface area contributed by atoms with Gasteiger partial charge in [-0.3, -0.25) is 4.79 Å². The quantitative estimate of drug-likeness (QED) is 0.473. The van der Waals surface area contributed by atoms with Crippen LogP contribution in [0.3, 0.4) is 0 Å². The van der Waals surface area contributed by atoms with Crippen molar-refractivity contribution >= 4 is 17.6 Å². The van der Waals surface area contributed by atoms with Crippen molar-refractivity contribution in [1.82, 2.24) is 5.32 Å². The Morgan fingerprint density at radius 1 is 1.40 bits per heavy atom. The van der Waals surface area contributed by atoms with Gasteiger partial charge < -0.3 is 25.6 Å². The summed E-state index contributed by atoms with van der Waals surface area (Å²) >= 11 is 0. The number of nitrogen functional groups attached to an aromatic ring is 1. The van der Waals surface area contributed by atoms with Gasteiger partial charge in [0.1, 0.15) is 5.75 Å². The lowest BCUT2D eigenvalue weighted by atomic mass is 10.2. The van der Waals surface area contributed by atoms with Crippen LogP contribution in [0.25, 0.3) is 0 Å². The molecule has 7 nitrogen and oxygen atoms in total. The van der Waals surface area contributed by atoms with Crippen molar-refractivity contribution in [2.24, 2.45) is 0 Å². The number of rotatable bonds is 8. The molecule has 0 heterocycles. The van der Waals surface area contributed by atoms with E-state index in [1.807, 2.05) is 0 Å². The number of aromatic carboxylic acids is 1. The number of ether oxygens (including phenoxy) is 2. The Balaban J connectivity index is 2.43. The third kappa shape index (κ3) is 5.15. The Hall–Kier alpha value is -2.28. The predicted octanol–water partition coefficient (Wildman–Crippen LogP) is 0.498. The van der Waals surface area contributed by atoms with Gasteiger partial charge in [0, 0.05) is 25.9 Å². The predicted molar refractivity (Wildman–Crippen MR) is 72.8 cm³/mol. The van der Waals surface area contributed by atoms with Crippen LogP contribution in [0.5, 0.6) is 5.75 Å². The summed E-state index contributed by atoms with van der Waals surface area (Å²) in [5.41, 5.74) is 5.61. The maximum Gasteiger partial charge on any atom is 0.337 e. The molecule has 4 N–H and O–H groups in total. The lowest BCUT2D eigenvalue weighted by Crippen LogP contribution is -2.30. The zero-order valence-corrected chi connectivity index (χ0v) is 11.2. The summed E-state index contributed by atoms with van der Waals surface area (Å²) in [7, 11) is 1.59. The molecule has 1 aromatic carbocycles.